The minimum absolute atomic E-state index is 0.0192. The van der Waals surface area contributed by atoms with Gasteiger partial charge >= 0.3 is 0 Å². The highest BCUT2D eigenvalue weighted by atomic mass is 32.1. The second kappa shape index (κ2) is 5.24. The Bertz CT molecular complexity index is 786. The molecule has 6 nitrogen and oxygen atoms in total. The third-order valence-corrected chi connectivity index (χ3v) is 4.76. The average Bonchev–Trinajstić information content (AvgIpc) is 2.94. The molecule has 1 amide bonds. The molecule has 0 spiro atoms. The van der Waals surface area contributed by atoms with Crippen molar-refractivity contribution in [1.82, 2.24) is 20.0 Å². The highest BCUT2D eigenvalue weighted by molar-refractivity contribution is 7.17. The molecule has 0 saturated heterocycles. The van der Waals surface area contributed by atoms with E-state index in [-0.39, 0.29) is 5.91 Å². The highest BCUT2D eigenvalue weighted by Gasteiger charge is 2.29. The van der Waals surface area contributed by atoms with Crippen LogP contribution in [0.4, 0.5) is 0 Å². The number of carbonyl (C=O) groups excluding carboxylic acids is 1. The van der Waals surface area contributed by atoms with Crippen LogP contribution in [0.3, 0.4) is 0 Å². The predicted octanol–water partition coefficient (Wildman–Crippen LogP) is 2.80. The largest absolute Gasteiger partial charge is 0.350 e. The van der Waals surface area contributed by atoms with Gasteiger partial charge in [0.15, 0.2) is 5.82 Å². The molecule has 22 heavy (non-hydrogen) atoms. The van der Waals surface area contributed by atoms with E-state index in [2.05, 4.69) is 15.1 Å². The van der Waals surface area contributed by atoms with Gasteiger partial charge in [0.25, 0.3) is 5.91 Å². The minimum Gasteiger partial charge on any atom is -0.350 e. The summed E-state index contributed by atoms with van der Waals surface area (Å²) in [5.41, 5.74) is 1.63. The van der Waals surface area contributed by atoms with Gasteiger partial charge in [-0.3, -0.25) is 4.79 Å². The zero-order valence-corrected chi connectivity index (χ0v) is 13.0. The summed E-state index contributed by atoms with van der Waals surface area (Å²) in [5, 5.41) is 5.98. The third kappa shape index (κ3) is 2.52. The van der Waals surface area contributed by atoms with E-state index >= 15 is 0 Å². The Morgan fingerprint density at radius 2 is 2.41 bits per heavy atom. The van der Waals surface area contributed by atoms with Crippen molar-refractivity contribution in [2.75, 3.05) is 13.6 Å². The van der Waals surface area contributed by atoms with Gasteiger partial charge in [0, 0.05) is 25.9 Å². The van der Waals surface area contributed by atoms with Crippen LogP contribution in [0.25, 0.3) is 10.2 Å². The molecule has 1 aliphatic rings. The first-order chi connectivity index (χ1) is 10.7. The van der Waals surface area contributed by atoms with Gasteiger partial charge < -0.3 is 14.4 Å². The lowest BCUT2D eigenvalue weighted by Crippen LogP contribution is -2.29. The number of hydrogen-bond donors (Lipinski definition) is 1. The fourth-order valence-electron chi connectivity index (χ4n) is 2.40. The first kappa shape index (κ1) is 13.5. The van der Waals surface area contributed by atoms with Crippen LogP contribution in [-0.4, -0.2) is 39.5 Å². The number of fused-ring (bicyclic) bond motifs is 1. The molecule has 0 atom stereocenters. The third-order valence-electron chi connectivity index (χ3n) is 3.90. The van der Waals surface area contributed by atoms with E-state index in [0.29, 0.717) is 30.4 Å². The summed E-state index contributed by atoms with van der Waals surface area (Å²) in [7, 11) is 1.79. The molecule has 1 N–H and O–H groups in total. The summed E-state index contributed by atoms with van der Waals surface area (Å²) in [4.78, 5) is 21.6. The first-order valence-electron chi connectivity index (χ1n) is 7.35. The standard InChI is InChI=1S/C15H16N4O2S/c1-19(6-4-13-17-14(21-18-13)9-2-3-9)15(20)11-8-12-10(16-11)5-7-22-12/h5,7-9,16H,2-4,6H2,1H3. The van der Waals surface area contributed by atoms with Gasteiger partial charge in [-0.05, 0) is 30.4 Å². The molecule has 0 aliphatic heterocycles. The summed E-state index contributed by atoms with van der Waals surface area (Å²) in [6, 6.07) is 3.88. The molecule has 114 valence electrons. The number of nitrogens with zero attached hydrogens (tertiary/aromatic N) is 3. The molecule has 3 heterocycles. The van der Waals surface area contributed by atoms with Crippen LogP contribution in [0.1, 0.15) is 41.0 Å². The Morgan fingerprint density at radius 1 is 1.55 bits per heavy atom. The summed E-state index contributed by atoms with van der Waals surface area (Å²) in [6.07, 6.45) is 2.89. The second-order valence-electron chi connectivity index (χ2n) is 5.68. The molecule has 0 radical (unpaired) electrons. The minimum atomic E-state index is -0.0192. The van der Waals surface area contributed by atoms with Gasteiger partial charge in [0.1, 0.15) is 5.69 Å². The van der Waals surface area contributed by atoms with E-state index in [9.17, 15) is 4.79 Å². The zero-order valence-electron chi connectivity index (χ0n) is 12.2. The highest BCUT2D eigenvalue weighted by Crippen LogP contribution is 2.38. The van der Waals surface area contributed by atoms with Crippen LogP contribution in [0.5, 0.6) is 0 Å². The van der Waals surface area contributed by atoms with Gasteiger partial charge in [-0.15, -0.1) is 11.3 Å². The Morgan fingerprint density at radius 3 is 3.18 bits per heavy atom. The van der Waals surface area contributed by atoms with Gasteiger partial charge in [-0.25, -0.2) is 0 Å². The predicted molar refractivity (Wildman–Crippen MR) is 83.1 cm³/mol. The van der Waals surface area contributed by atoms with Crippen molar-refractivity contribution in [1.29, 1.82) is 0 Å². The van der Waals surface area contributed by atoms with Gasteiger partial charge in [0.2, 0.25) is 5.89 Å². The Kier molecular flexibility index (Phi) is 3.22. The summed E-state index contributed by atoms with van der Waals surface area (Å²) < 4.78 is 6.33. The van der Waals surface area contributed by atoms with Gasteiger partial charge in [-0.2, -0.15) is 4.98 Å². The Hall–Kier alpha value is -2.15. The van der Waals surface area contributed by atoms with Crippen LogP contribution < -0.4 is 0 Å². The molecule has 4 rings (SSSR count). The number of rotatable bonds is 5. The van der Waals surface area contributed by atoms with Crippen molar-refractivity contribution in [3.05, 3.63) is 34.9 Å². The maximum atomic E-state index is 12.4. The maximum Gasteiger partial charge on any atom is 0.270 e. The molecule has 7 heteroatoms. The number of hydrogen-bond acceptors (Lipinski definition) is 5. The fourth-order valence-corrected chi connectivity index (χ4v) is 3.19. The molecule has 0 aromatic carbocycles. The van der Waals surface area contributed by atoms with E-state index in [1.807, 2.05) is 17.5 Å². The monoisotopic (exact) mass is 316 g/mol. The number of likely N-dealkylation sites (N-methyl/N-ethyl adjacent to an activating group) is 1. The van der Waals surface area contributed by atoms with E-state index in [0.717, 1.165) is 28.9 Å². The number of nitrogens with one attached hydrogen (secondary N) is 1. The molecule has 0 bridgehead atoms. The van der Waals surface area contributed by atoms with Crippen LogP contribution in [0, 0.1) is 0 Å². The lowest BCUT2D eigenvalue weighted by molar-refractivity contribution is 0.0791. The van der Waals surface area contributed by atoms with E-state index in [4.69, 9.17) is 4.52 Å². The van der Waals surface area contributed by atoms with Gasteiger partial charge in [-0.1, -0.05) is 5.16 Å². The summed E-state index contributed by atoms with van der Waals surface area (Å²) in [5.74, 6) is 1.87. The molecule has 3 aromatic rings. The molecule has 1 aliphatic carbocycles. The number of thiophene rings is 1. The van der Waals surface area contributed by atoms with Crippen LogP contribution in [0.15, 0.2) is 22.0 Å². The van der Waals surface area contributed by atoms with Crippen molar-refractivity contribution < 1.29 is 9.32 Å². The topological polar surface area (TPSA) is 75.0 Å². The zero-order chi connectivity index (χ0) is 15.1. The summed E-state index contributed by atoms with van der Waals surface area (Å²) in [6.45, 7) is 0.565. The molecule has 0 unspecified atom stereocenters. The number of aromatic nitrogens is 3. The van der Waals surface area contributed by atoms with Crippen molar-refractivity contribution in [2.24, 2.45) is 0 Å². The molecular formula is C15H16N4O2S. The Balaban J connectivity index is 1.39. The Labute approximate surface area is 131 Å². The van der Waals surface area contributed by atoms with E-state index in [1.165, 1.54) is 0 Å². The SMILES string of the molecule is CN(CCc1noc(C2CC2)n1)C(=O)c1cc2sccc2[nH]1. The lowest BCUT2D eigenvalue weighted by atomic mass is 10.3. The van der Waals surface area contributed by atoms with Crippen molar-refractivity contribution in [2.45, 2.75) is 25.2 Å². The number of amides is 1. The second-order valence-corrected chi connectivity index (χ2v) is 6.63. The molecule has 1 fully saturated rings. The van der Waals surface area contributed by atoms with Gasteiger partial charge in [0.05, 0.1) is 10.2 Å². The van der Waals surface area contributed by atoms with Crippen molar-refractivity contribution >= 4 is 27.5 Å². The first-order valence-corrected chi connectivity index (χ1v) is 8.23. The summed E-state index contributed by atoms with van der Waals surface area (Å²) >= 11 is 1.62. The molecular weight excluding hydrogens is 300 g/mol. The van der Waals surface area contributed by atoms with E-state index in [1.54, 1.807) is 23.3 Å². The number of aromatic amines is 1. The van der Waals surface area contributed by atoms with Crippen LogP contribution >= 0.6 is 11.3 Å². The van der Waals surface area contributed by atoms with Crippen LogP contribution in [0.2, 0.25) is 0 Å². The molecule has 1 saturated carbocycles. The molecule has 3 aromatic heterocycles. The normalized spacial score (nSPS) is 14.6. The number of H-pyrrole nitrogens is 1. The van der Waals surface area contributed by atoms with Crippen molar-refractivity contribution in [3.63, 3.8) is 0 Å². The van der Waals surface area contributed by atoms with E-state index < -0.39 is 0 Å². The number of carbonyl (C=O) groups is 1. The lowest BCUT2D eigenvalue weighted by Gasteiger charge is -2.14. The quantitative estimate of drug-likeness (QED) is 0.785. The van der Waals surface area contributed by atoms with Crippen molar-refractivity contribution in [3.8, 4) is 0 Å². The fraction of sp³-hybridized carbons (Fsp3) is 0.400. The maximum absolute atomic E-state index is 12.4. The smallest absolute Gasteiger partial charge is 0.270 e. The van der Waals surface area contributed by atoms with Crippen LogP contribution in [-0.2, 0) is 6.42 Å². The average molecular weight is 316 g/mol.